The highest BCUT2D eigenvalue weighted by atomic mass is 79.9. The summed E-state index contributed by atoms with van der Waals surface area (Å²) in [5, 5.41) is 9.78. The first-order valence-corrected chi connectivity index (χ1v) is 8.26. The zero-order valence-electron chi connectivity index (χ0n) is 14.2. The van der Waals surface area contributed by atoms with E-state index in [9.17, 15) is 62.2 Å². The monoisotopic (exact) mass is 532 g/mol. The Labute approximate surface area is 168 Å². The molecule has 0 aromatic heterocycles. The first-order valence-electron chi connectivity index (χ1n) is 7.46. The van der Waals surface area contributed by atoms with E-state index in [0.29, 0.717) is 0 Å². The molecule has 0 spiro atoms. The SMILES string of the molecule is CC(C(O)c1cccc(Br)c1)C(F)(F)C(F)(F)C(F)(F)C(F)(F)C(F)(F)C(F)(F)F. The Morgan fingerprint density at radius 2 is 1.17 bits per heavy atom. The molecule has 2 unspecified atom stereocenters. The minimum atomic E-state index is -7.97. The van der Waals surface area contributed by atoms with Gasteiger partial charge in [-0.15, -0.1) is 0 Å². The van der Waals surface area contributed by atoms with Crippen LogP contribution in [0.5, 0.6) is 0 Å². The van der Waals surface area contributed by atoms with Gasteiger partial charge in [-0.2, -0.15) is 57.1 Å². The quantitative estimate of drug-likeness (QED) is 0.380. The van der Waals surface area contributed by atoms with Crippen molar-refractivity contribution in [2.75, 3.05) is 0 Å². The van der Waals surface area contributed by atoms with Gasteiger partial charge in [0.2, 0.25) is 0 Å². The molecule has 15 heteroatoms. The lowest BCUT2D eigenvalue weighted by Gasteiger charge is -2.42. The van der Waals surface area contributed by atoms with E-state index in [0.717, 1.165) is 18.2 Å². The third-order valence-electron chi connectivity index (χ3n) is 4.19. The number of rotatable bonds is 7. The van der Waals surface area contributed by atoms with Gasteiger partial charge in [0.05, 0.1) is 12.0 Å². The van der Waals surface area contributed by atoms with Crippen molar-refractivity contribution in [3.8, 4) is 0 Å². The van der Waals surface area contributed by atoms with E-state index < -0.39 is 53.4 Å². The summed E-state index contributed by atoms with van der Waals surface area (Å²) in [6, 6.07) is 4.06. The topological polar surface area (TPSA) is 20.2 Å². The van der Waals surface area contributed by atoms with Crippen LogP contribution in [-0.4, -0.2) is 40.9 Å². The maximum atomic E-state index is 14.1. The highest BCUT2D eigenvalue weighted by Gasteiger charge is 2.91. The molecular weight excluding hydrogens is 523 g/mol. The number of alkyl halides is 13. The largest absolute Gasteiger partial charge is 0.460 e. The fraction of sp³-hybridized carbons (Fsp3) is 0.600. The molecule has 0 aliphatic rings. The van der Waals surface area contributed by atoms with Crippen LogP contribution < -0.4 is 0 Å². The Bertz CT molecular complexity index is 759. The minimum absolute atomic E-state index is 0.00436. The van der Waals surface area contributed by atoms with E-state index in [1.807, 2.05) is 0 Å². The van der Waals surface area contributed by atoms with Crippen molar-refractivity contribution in [3.05, 3.63) is 34.3 Å². The number of aliphatic hydroxyl groups is 1. The van der Waals surface area contributed by atoms with E-state index in [1.165, 1.54) is 6.07 Å². The Hall–Kier alpha value is -1.25. The van der Waals surface area contributed by atoms with Crippen LogP contribution in [0.2, 0.25) is 0 Å². The van der Waals surface area contributed by atoms with E-state index in [4.69, 9.17) is 0 Å². The summed E-state index contributed by atoms with van der Waals surface area (Å²) in [5.74, 6) is -40.8. The van der Waals surface area contributed by atoms with Crippen LogP contribution in [0.4, 0.5) is 57.1 Å². The van der Waals surface area contributed by atoms with Crippen molar-refractivity contribution in [1.82, 2.24) is 0 Å². The summed E-state index contributed by atoms with van der Waals surface area (Å²) in [6.07, 6.45) is -10.2. The van der Waals surface area contributed by atoms with Gasteiger partial charge in [-0.25, -0.2) is 0 Å². The van der Waals surface area contributed by atoms with Gasteiger partial charge in [0.1, 0.15) is 0 Å². The second kappa shape index (κ2) is 7.71. The van der Waals surface area contributed by atoms with Crippen LogP contribution in [0, 0.1) is 5.92 Å². The van der Waals surface area contributed by atoms with Gasteiger partial charge in [0.15, 0.2) is 0 Å². The highest BCUT2D eigenvalue weighted by molar-refractivity contribution is 9.10. The first-order chi connectivity index (χ1) is 13.1. The molecule has 0 aliphatic carbocycles. The van der Waals surface area contributed by atoms with Crippen molar-refractivity contribution >= 4 is 15.9 Å². The molecule has 1 rings (SSSR count). The average Bonchev–Trinajstić information content (AvgIpc) is 2.58. The standard InChI is InChI=1S/C15H10BrF13O/c1-6(9(30)7-3-2-4-8(16)5-7)10(17,18)11(19,20)12(21,22)13(23,24)14(25,26)15(27,28)29/h2-6,9,30H,1H3. The van der Waals surface area contributed by atoms with E-state index in [1.54, 1.807) is 0 Å². The molecule has 0 radical (unpaired) electrons. The number of aliphatic hydroxyl groups excluding tert-OH is 1. The Morgan fingerprint density at radius 3 is 1.57 bits per heavy atom. The van der Waals surface area contributed by atoms with Crippen LogP contribution in [0.15, 0.2) is 28.7 Å². The lowest BCUT2D eigenvalue weighted by Crippen LogP contribution is -2.71. The molecule has 30 heavy (non-hydrogen) atoms. The summed E-state index contributed by atoms with van der Waals surface area (Å²) in [7, 11) is 0. The van der Waals surface area contributed by atoms with Crippen molar-refractivity contribution in [2.24, 2.45) is 5.92 Å². The Kier molecular flexibility index (Phi) is 6.88. The molecule has 0 saturated heterocycles. The summed E-state index contributed by atoms with van der Waals surface area (Å²) in [4.78, 5) is 0. The molecule has 1 N–H and O–H groups in total. The van der Waals surface area contributed by atoms with Gasteiger partial charge in [0, 0.05) is 4.47 Å². The van der Waals surface area contributed by atoms with Gasteiger partial charge in [-0.3, -0.25) is 0 Å². The second-order valence-corrected chi connectivity index (χ2v) is 7.12. The van der Waals surface area contributed by atoms with Gasteiger partial charge in [0.25, 0.3) is 0 Å². The van der Waals surface area contributed by atoms with Crippen molar-refractivity contribution in [1.29, 1.82) is 0 Å². The molecule has 0 aliphatic heterocycles. The van der Waals surface area contributed by atoms with E-state index in [2.05, 4.69) is 15.9 Å². The van der Waals surface area contributed by atoms with Crippen molar-refractivity contribution in [3.63, 3.8) is 0 Å². The van der Waals surface area contributed by atoms with Gasteiger partial charge in [-0.1, -0.05) is 35.0 Å². The predicted molar refractivity (Wildman–Crippen MR) is 79.1 cm³/mol. The predicted octanol–water partition coefficient (Wildman–Crippen LogP) is 6.86. The maximum absolute atomic E-state index is 14.1. The van der Waals surface area contributed by atoms with Crippen LogP contribution >= 0.6 is 15.9 Å². The van der Waals surface area contributed by atoms with Crippen LogP contribution in [0.25, 0.3) is 0 Å². The van der Waals surface area contributed by atoms with E-state index >= 15 is 0 Å². The normalized spacial score (nSPS) is 17.1. The molecule has 1 nitrogen and oxygen atoms in total. The summed E-state index contributed by atoms with van der Waals surface area (Å²) in [5.41, 5.74) is -0.594. The van der Waals surface area contributed by atoms with E-state index in [-0.39, 0.29) is 11.4 Å². The highest BCUT2D eigenvalue weighted by Crippen LogP contribution is 2.61. The zero-order chi connectivity index (χ0) is 24.1. The average molecular weight is 533 g/mol. The first kappa shape index (κ1) is 26.8. The summed E-state index contributed by atoms with van der Waals surface area (Å²) >= 11 is 2.81. The fourth-order valence-electron chi connectivity index (χ4n) is 2.25. The molecule has 0 saturated carbocycles. The van der Waals surface area contributed by atoms with Crippen LogP contribution in [0.1, 0.15) is 18.6 Å². The zero-order valence-corrected chi connectivity index (χ0v) is 15.8. The Morgan fingerprint density at radius 1 is 0.733 bits per heavy atom. The fourth-order valence-corrected chi connectivity index (χ4v) is 2.66. The number of hydrogen-bond donors (Lipinski definition) is 1. The second-order valence-electron chi connectivity index (χ2n) is 6.21. The molecule has 2 atom stereocenters. The number of hydrogen-bond acceptors (Lipinski definition) is 1. The third kappa shape index (κ3) is 3.86. The van der Waals surface area contributed by atoms with Crippen LogP contribution in [-0.2, 0) is 0 Å². The lowest BCUT2D eigenvalue weighted by atomic mass is 9.84. The van der Waals surface area contributed by atoms with Gasteiger partial charge in [-0.05, 0) is 17.7 Å². The molecule has 174 valence electrons. The molecule has 1 aromatic carbocycles. The minimum Gasteiger partial charge on any atom is -0.388 e. The molecule has 0 heterocycles. The van der Waals surface area contributed by atoms with Crippen molar-refractivity contribution in [2.45, 2.75) is 48.8 Å². The summed E-state index contributed by atoms with van der Waals surface area (Å²) < 4.78 is 171. The molecule has 0 bridgehead atoms. The smallest absolute Gasteiger partial charge is 0.388 e. The van der Waals surface area contributed by atoms with Gasteiger partial charge >= 0.3 is 35.8 Å². The maximum Gasteiger partial charge on any atom is 0.460 e. The molecule has 0 fully saturated rings. The summed E-state index contributed by atoms with van der Waals surface area (Å²) in [6.45, 7) is -0.00436. The van der Waals surface area contributed by atoms with Crippen molar-refractivity contribution < 1.29 is 62.2 Å². The van der Waals surface area contributed by atoms with Gasteiger partial charge < -0.3 is 5.11 Å². The third-order valence-corrected chi connectivity index (χ3v) is 4.69. The molecule has 1 aromatic rings. The molecular formula is C15H10BrF13O. The molecule has 0 amide bonds. The lowest BCUT2D eigenvalue weighted by molar-refractivity contribution is -0.444. The number of halogens is 14. The Balaban J connectivity index is 3.47. The van der Waals surface area contributed by atoms with Crippen LogP contribution in [0.3, 0.4) is 0 Å². The number of benzene rings is 1.